The highest BCUT2D eigenvalue weighted by Crippen LogP contribution is 2.19. The van der Waals surface area contributed by atoms with Gasteiger partial charge < -0.3 is 9.84 Å². The number of carbonyl (C=O) groups is 1. The highest BCUT2D eigenvalue weighted by molar-refractivity contribution is 7.13. The normalized spacial score (nSPS) is 10.8. The molecule has 0 spiro atoms. The van der Waals surface area contributed by atoms with Crippen LogP contribution in [0.15, 0.2) is 24.5 Å². The maximum atomic E-state index is 10.7. The second-order valence-electron chi connectivity index (χ2n) is 4.11. The topological polar surface area (TPSA) is 64.3 Å². The molecule has 5 nitrogen and oxygen atoms in total. The Morgan fingerprint density at radius 2 is 2.33 bits per heavy atom. The van der Waals surface area contributed by atoms with Crippen molar-refractivity contribution < 1.29 is 14.6 Å². The fourth-order valence-corrected chi connectivity index (χ4v) is 2.16. The minimum Gasteiger partial charge on any atom is -0.485 e. The van der Waals surface area contributed by atoms with Gasteiger partial charge in [-0.1, -0.05) is 0 Å². The Kier molecular flexibility index (Phi) is 3.66. The standard InChI is InChI=1S/C12H14N2O3S/c1-8(2)14-6-9(5-13-14)17-7-10-3-4-11(18-10)12(15)16/h3-6,8H,7H2,1-2H3,(H,15,16). The van der Waals surface area contributed by atoms with Crippen LogP contribution in [0.25, 0.3) is 0 Å². The van der Waals surface area contributed by atoms with E-state index < -0.39 is 5.97 Å². The lowest BCUT2D eigenvalue weighted by Crippen LogP contribution is -1.99. The van der Waals surface area contributed by atoms with Gasteiger partial charge in [0.05, 0.1) is 12.4 Å². The number of nitrogens with zero attached hydrogens (tertiary/aromatic N) is 2. The molecule has 1 N–H and O–H groups in total. The highest BCUT2D eigenvalue weighted by atomic mass is 32.1. The van der Waals surface area contributed by atoms with Crippen molar-refractivity contribution in [3.8, 4) is 5.75 Å². The molecule has 2 heterocycles. The van der Waals surface area contributed by atoms with Crippen molar-refractivity contribution in [2.45, 2.75) is 26.5 Å². The summed E-state index contributed by atoms with van der Waals surface area (Å²) in [5, 5.41) is 13.0. The number of rotatable bonds is 5. The van der Waals surface area contributed by atoms with Crippen LogP contribution < -0.4 is 4.74 Å². The second-order valence-corrected chi connectivity index (χ2v) is 5.28. The molecule has 0 aliphatic carbocycles. The van der Waals surface area contributed by atoms with Crippen LogP contribution in [-0.4, -0.2) is 20.9 Å². The van der Waals surface area contributed by atoms with Crippen LogP contribution in [0.2, 0.25) is 0 Å². The lowest BCUT2D eigenvalue weighted by atomic mass is 10.4. The van der Waals surface area contributed by atoms with Gasteiger partial charge in [-0.15, -0.1) is 11.3 Å². The van der Waals surface area contributed by atoms with Crippen LogP contribution in [0.4, 0.5) is 0 Å². The predicted molar refractivity (Wildman–Crippen MR) is 68.2 cm³/mol. The summed E-state index contributed by atoms with van der Waals surface area (Å²) in [6.45, 7) is 4.44. The zero-order valence-corrected chi connectivity index (χ0v) is 11.0. The third kappa shape index (κ3) is 2.89. The Balaban J connectivity index is 1.95. The van der Waals surface area contributed by atoms with Crippen LogP contribution in [0.3, 0.4) is 0 Å². The van der Waals surface area contributed by atoms with Gasteiger partial charge in [0.25, 0.3) is 0 Å². The average molecular weight is 266 g/mol. The third-order valence-corrected chi connectivity index (χ3v) is 3.41. The lowest BCUT2D eigenvalue weighted by molar-refractivity contribution is 0.0702. The summed E-state index contributed by atoms with van der Waals surface area (Å²) in [4.78, 5) is 11.9. The molecule has 96 valence electrons. The minimum atomic E-state index is -0.904. The summed E-state index contributed by atoms with van der Waals surface area (Å²) in [5.41, 5.74) is 0. The van der Waals surface area contributed by atoms with E-state index in [9.17, 15) is 4.79 Å². The molecule has 0 saturated carbocycles. The fourth-order valence-electron chi connectivity index (χ4n) is 1.40. The van der Waals surface area contributed by atoms with Gasteiger partial charge in [0, 0.05) is 10.9 Å². The number of hydrogen-bond acceptors (Lipinski definition) is 4. The fraction of sp³-hybridized carbons (Fsp3) is 0.333. The molecule has 0 saturated heterocycles. The Morgan fingerprint density at radius 1 is 1.56 bits per heavy atom. The lowest BCUT2D eigenvalue weighted by Gasteiger charge is -2.03. The van der Waals surface area contributed by atoms with Crippen LogP contribution in [-0.2, 0) is 6.61 Å². The highest BCUT2D eigenvalue weighted by Gasteiger charge is 2.08. The summed E-state index contributed by atoms with van der Waals surface area (Å²) < 4.78 is 7.36. The first kappa shape index (κ1) is 12.6. The van der Waals surface area contributed by atoms with Gasteiger partial charge in [-0.3, -0.25) is 4.68 Å². The van der Waals surface area contributed by atoms with Gasteiger partial charge in [-0.05, 0) is 26.0 Å². The van der Waals surface area contributed by atoms with E-state index >= 15 is 0 Å². The molecular weight excluding hydrogens is 252 g/mol. The molecule has 0 aliphatic heterocycles. The van der Waals surface area contributed by atoms with Gasteiger partial charge in [0.15, 0.2) is 5.75 Å². The number of aromatic nitrogens is 2. The molecule has 0 amide bonds. The Labute approximate surface area is 109 Å². The molecule has 0 aromatic carbocycles. The van der Waals surface area contributed by atoms with Crippen molar-refractivity contribution in [2.75, 3.05) is 0 Å². The van der Waals surface area contributed by atoms with Crippen LogP contribution in [0, 0.1) is 0 Å². The molecule has 2 aromatic rings. The molecule has 0 aliphatic rings. The number of hydrogen-bond donors (Lipinski definition) is 1. The maximum absolute atomic E-state index is 10.7. The summed E-state index contributed by atoms with van der Waals surface area (Å²) in [7, 11) is 0. The van der Waals surface area contributed by atoms with Crippen LogP contribution in [0.1, 0.15) is 34.4 Å². The van der Waals surface area contributed by atoms with Crippen molar-refractivity contribution in [3.63, 3.8) is 0 Å². The van der Waals surface area contributed by atoms with Crippen molar-refractivity contribution in [1.82, 2.24) is 9.78 Å². The van der Waals surface area contributed by atoms with Gasteiger partial charge in [-0.25, -0.2) is 4.79 Å². The van der Waals surface area contributed by atoms with Gasteiger partial charge >= 0.3 is 5.97 Å². The van der Waals surface area contributed by atoms with E-state index in [1.165, 1.54) is 11.3 Å². The number of ether oxygens (including phenoxy) is 1. The van der Waals surface area contributed by atoms with E-state index in [-0.39, 0.29) is 0 Å². The van der Waals surface area contributed by atoms with Crippen molar-refractivity contribution in [2.24, 2.45) is 0 Å². The van der Waals surface area contributed by atoms with E-state index in [0.29, 0.717) is 23.3 Å². The van der Waals surface area contributed by atoms with E-state index in [2.05, 4.69) is 5.10 Å². The Bertz CT molecular complexity index is 545. The first-order chi connectivity index (χ1) is 8.56. The van der Waals surface area contributed by atoms with E-state index in [1.54, 1.807) is 18.3 Å². The number of carboxylic acids is 1. The largest absolute Gasteiger partial charge is 0.485 e. The molecule has 0 bridgehead atoms. The van der Waals surface area contributed by atoms with Crippen LogP contribution >= 0.6 is 11.3 Å². The molecule has 0 unspecified atom stereocenters. The first-order valence-electron chi connectivity index (χ1n) is 5.55. The monoisotopic (exact) mass is 266 g/mol. The van der Waals surface area contributed by atoms with E-state index in [0.717, 1.165) is 4.88 Å². The molecule has 2 aromatic heterocycles. The zero-order chi connectivity index (χ0) is 13.1. The zero-order valence-electron chi connectivity index (χ0n) is 10.2. The summed E-state index contributed by atoms with van der Waals surface area (Å²) in [6, 6.07) is 3.65. The Hall–Kier alpha value is -1.82. The number of carboxylic acid groups (broad SMARTS) is 1. The molecule has 18 heavy (non-hydrogen) atoms. The van der Waals surface area contributed by atoms with Gasteiger partial charge in [-0.2, -0.15) is 5.10 Å². The van der Waals surface area contributed by atoms with E-state index in [1.807, 2.05) is 24.7 Å². The van der Waals surface area contributed by atoms with Gasteiger partial charge in [0.2, 0.25) is 0 Å². The average Bonchev–Trinajstić information content (AvgIpc) is 2.95. The smallest absolute Gasteiger partial charge is 0.345 e. The third-order valence-electron chi connectivity index (χ3n) is 2.36. The van der Waals surface area contributed by atoms with Crippen LogP contribution in [0.5, 0.6) is 5.75 Å². The van der Waals surface area contributed by atoms with Crippen molar-refractivity contribution >= 4 is 17.3 Å². The number of aromatic carboxylic acids is 1. The van der Waals surface area contributed by atoms with E-state index in [4.69, 9.17) is 9.84 Å². The SMILES string of the molecule is CC(C)n1cc(OCc2ccc(C(=O)O)s2)cn1. The number of thiophene rings is 1. The molecular formula is C12H14N2O3S. The summed E-state index contributed by atoms with van der Waals surface area (Å²) in [6.07, 6.45) is 3.49. The Morgan fingerprint density at radius 3 is 2.89 bits per heavy atom. The molecule has 2 rings (SSSR count). The molecule has 0 radical (unpaired) electrons. The predicted octanol–water partition coefficient (Wildman–Crippen LogP) is 2.80. The molecule has 0 fully saturated rings. The quantitative estimate of drug-likeness (QED) is 0.903. The van der Waals surface area contributed by atoms with Crippen molar-refractivity contribution in [3.05, 3.63) is 34.3 Å². The van der Waals surface area contributed by atoms with Crippen molar-refractivity contribution in [1.29, 1.82) is 0 Å². The minimum absolute atomic E-state index is 0.294. The van der Waals surface area contributed by atoms with Gasteiger partial charge in [0.1, 0.15) is 11.5 Å². The molecule has 6 heteroatoms. The first-order valence-corrected chi connectivity index (χ1v) is 6.37. The second kappa shape index (κ2) is 5.22. The summed E-state index contributed by atoms with van der Waals surface area (Å²) in [5.74, 6) is -0.215. The molecule has 0 atom stereocenters. The maximum Gasteiger partial charge on any atom is 0.345 e. The summed E-state index contributed by atoms with van der Waals surface area (Å²) >= 11 is 1.22.